The first-order valence-corrected chi connectivity index (χ1v) is 3.25. The molecular formula is C5H13N3O2. The smallest absolute Gasteiger partial charge is 0.230 e. The van der Waals surface area contributed by atoms with E-state index in [4.69, 9.17) is 5.21 Å². The van der Waals surface area contributed by atoms with Gasteiger partial charge < -0.3 is 10.4 Å². The van der Waals surface area contributed by atoms with Crippen LogP contribution in [0.25, 0.3) is 0 Å². The highest BCUT2D eigenvalue weighted by atomic mass is 16.6. The van der Waals surface area contributed by atoms with E-state index in [-0.39, 0.29) is 4.97 Å². The quantitative estimate of drug-likeness (QED) is 0.366. The summed E-state index contributed by atoms with van der Waals surface area (Å²) in [6.45, 7) is 2.64. The van der Waals surface area contributed by atoms with Crippen molar-refractivity contribution in [1.82, 2.24) is 5.01 Å². The zero-order valence-electron chi connectivity index (χ0n) is 6.32. The zero-order valence-corrected chi connectivity index (χ0v) is 6.32. The maximum Gasteiger partial charge on any atom is 0.230 e. The Bertz CT molecular complexity index is 115. The summed E-state index contributed by atoms with van der Waals surface area (Å²) < 4.78 is 0. The van der Waals surface area contributed by atoms with Crippen LogP contribution in [0.5, 0.6) is 0 Å². The summed E-state index contributed by atoms with van der Waals surface area (Å²) in [6.07, 6.45) is 1.94. The van der Waals surface area contributed by atoms with Crippen molar-refractivity contribution in [3.63, 3.8) is 0 Å². The van der Waals surface area contributed by atoms with Crippen molar-refractivity contribution in [3.8, 4) is 0 Å². The van der Waals surface area contributed by atoms with Gasteiger partial charge in [-0.3, -0.25) is 0 Å². The van der Waals surface area contributed by atoms with E-state index >= 15 is 0 Å². The highest BCUT2D eigenvalue weighted by Gasteiger charge is 2.02. The molecule has 1 N–H and O–H groups in total. The first-order valence-electron chi connectivity index (χ1n) is 3.25. The average molecular weight is 147 g/mol. The fraction of sp³-hybridized carbons (Fsp3) is 1.00. The molecule has 0 rings (SSSR count). The third-order valence-corrected chi connectivity index (χ3v) is 1.20. The lowest BCUT2D eigenvalue weighted by molar-refractivity contribution is -0.704. The van der Waals surface area contributed by atoms with Crippen LogP contribution in [0.15, 0.2) is 5.28 Å². The van der Waals surface area contributed by atoms with E-state index in [1.165, 1.54) is 5.01 Å². The van der Waals surface area contributed by atoms with Crippen LogP contribution in [0.4, 0.5) is 0 Å². The third kappa shape index (κ3) is 3.11. The van der Waals surface area contributed by atoms with Gasteiger partial charge in [-0.05, 0) is 6.42 Å². The molecule has 0 atom stereocenters. The molecule has 0 saturated heterocycles. The number of nitrogens with zero attached hydrogens (tertiary/aromatic N) is 3. The molecule has 0 aromatic heterocycles. The highest BCUT2D eigenvalue weighted by molar-refractivity contribution is 4.35. The first kappa shape index (κ1) is 9.00. The van der Waals surface area contributed by atoms with Gasteiger partial charge in [0.15, 0.2) is 0 Å². The van der Waals surface area contributed by atoms with Crippen LogP contribution >= 0.6 is 0 Å². The molecular weight excluding hydrogens is 134 g/mol. The van der Waals surface area contributed by atoms with Crippen molar-refractivity contribution in [2.45, 2.75) is 19.8 Å². The summed E-state index contributed by atoms with van der Waals surface area (Å²) in [5.74, 6) is 0. The molecule has 0 saturated carbocycles. The molecule has 0 aromatic carbocycles. The second kappa shape index (κ2) is 4.84. The van der Waals surface area contributed by atoms with Gasteiger partial charge >= 0.3 is 0 Å². The predicted molar refractivity (Wildman–Crippen MR) is 35.4 cm³/mol. The molecule has 0 fully saturated rings. The zero-order chi connectivity index (χ0) is 7.98. The van der Waals surface area contributed by atoms with Crippen molar-refractivity contribution in [3.05, 3.63) is 5.21 Å². The largest absolute Gasteiger partial charge is 0.569 e. The summed E-state index contributed by atoms with van der Waals surface area (Å²) in [5.41, 5.74) is 0. The van der Waals surface area contributed by atoms with Gasteiger partial charge in [0.25, 0.3) is 0 Å². The Labute approximate surface area is 60.1 Å². The second-order valence-electron chi connectivity index (χ2n) is 2.08. The Kier molecular flexibility index (Phi) is 4.36. The Morgan fingerprint density at radius 2 is 2.30 bits per heavy atom. The maximum absolute atomic E-state index is 10.4. The molecule has 0 amide bonds. The minimum Gasteiger partial charge on any atom is -0.569 e. The van der Waals surface area contributed by atoms with Crippen molar-refractivity contribution < 1.29 is 10.2 Å². The van der Waals surface area contributed by atoms with Crippen molar-refractivity contribution >= 4 is 0 Å². The van der Waals surface area contributed by atoms with Gasteiger partial charge in [-0.15, -0.1) is 5.01 Å². The Morgan fingerprint density at radius 3 is 2.70 bits per heavy atom. The standard InChI is InChI=1S/C5H13N3O2/c1-3-4-5-7(2)8(10)6-9/h9H,3-5H2,1-2H3/b8-6-. The summed E-state index contributed by atoms with van der Waals surface area (Å²) in [6, 6.07) is 0. The fourth-order valence-corrected chi connectivity index (χ4v) is 0.541. The molecule has 0 heterocycles. The molecule has 0 aliphatic carbocycles. The fourth-order valence-electron chi connectivity index (χ4n) is 0.541. The van der Waals surface area contributed by atoms with E-state index in [1.54, 1.807) is 7.05 Å². The maximum atomic E-state index is 10.4. The lowest BCUT2D eigenvalue weighted by Crippen LogP contribution is -2.26. The SMILES string of the molecule is CCCCN(C)/[N+]([O-])=N/O. The highest BCUT2D eigenvalue weighted by Crippen LogP contribution is 1.91. The minimum absolute atomic E-state index is 0.162. The van der Waals surface area contributed by atoms with Crippen LogP contribution in [0.3, 0.4) is 0 Å². The predicted octanol–water partition coefficient (Wildman–Crippen LogP) is 0.985. The Balaban J connectivity index is 3.51. The van der Waals surface area contributed by atoms with Crippen molar-refractivity contribution in [2.75, 3.05) is 13.6 Å². The van der Waals surface area contributed by atoms with Gasteiger partial charge in [-0.25, -0.2) is 0 Å². The third-order valence-electron chi connectivity index (χ3n) is 1.20. The van der Waals surface area contributed by atoms with Gasteiger partial charge in [0.2, 0.25) is 5.28 Å². The van der Waals surface area contributed by atoms with E-state index in [2.05, 4.69) is 5.28 Å². The van der Waals surface area contributed by atoms with Crippen LogP contribution < -0.4 is 0 Å². The molecule has 0 spiro atoms. The van der Waals surface area contributed by atoms with Crippen LogP contribution in [0.1, 0.15) is 19.8 Å². The van der Waals surface area contributed by atoms with Gasteiger partial charge in [0.1, 0.15) is 0 Å². The Morgan fingerprint density at radius 1 is 1.70 bits per heavy atom. The van der Waals surface area contributed by atoms with E-state index < -0.39 is 0 Å². The van der Waals surface area contributed by atoms with Gasteiger partial charge in [-0.1, -0.05) is 13.3 Å². The van der Waals surface area contributed by atoms with Gasteiger partial charge in [-0.2, -0.15) is 0 Å². The van der Waals surface area contributed by atoms with Gasteiger partial charge in [0.05, 0.1) is 18.6 Å². The van der Waals surface area contributed by atoms with E-state index in [0.29, 0.717) is 6.54 Å². The molecule has 5 heteroatoms. The lowest BCUT2D eigenvalue weighted by Gasteiger charge is -2.10. The molecule has 0 radical (unpaired) electrons. The Hall–Kier alpha value is -1.00. The van der Waals surface area contributed by atoms with Crippen LogP contribution in [-0.2, 0) is 0 Å². The first-order chi connectivity index (χ1) is 4.72. The lowest BCUT2D eigenvalue weighted by atomic mass is 10.3. The van der Waals surface area contributed by atoms with Crippen molar-refractivity contribution in [2.24, 2.45) is 5.28 Å². The summed E-state index contributed by atoms with van der Waals surface area (Å²) in [7, 11) is 1.57. The van der Waals surface area contributed by atoms with Crippen LogP contribution in [-0.4, -0.2) is 28.8 Å². The molecule has 0 aliphatic rings. The number of hydrogen-bond acceptors (Lipinski definition) is 2. The topological polar surface area (TPSA) is 61.9 Å². The molecule has 0 unspecified atom stereocenters. The minimum atomic E-state index is 0.162. The molecule has 10 heavy (non-hydrogen) atoms. The van der Waals surface area contributed by atoms with Crippen LogP contribution in [0.2, 0.25) is 0 Å². The molecule has 60 valence electrons. The van der Waals surface area contributed by atoms with E-state index in [1.807, 2.05) is 6.92 Å². The number of hydrogen-bond donors (Lipinski definition) is 1. The summed E-state index contributed by atoms with van der Waals surface area (Å²) in [4.78, 5) is 0.162. The van der Waals surface area contributed by atoms with Crippen LogP contribution in [0, 0.1) is 5.21 Å². The number of hydrazine groups is 1. The number of rotatable bonds is 4. The molecule has 0 aromatic rings. The normalized spacial score (nSPS) is 11.6. The van der Waals surface area contributed by atoms with E-state index in [0.717, 1.165) is 12.8 Å². The van der Waals surface area contributed by atoms with Gasteiger partial charge in [0, 0.05) is 0 Å². The molecule has 0 aliphatic heterocycles. The van der Waals surface area contributed by atoms with E-state index in [9.17, 15) is 5.21 Å². The van der Waals surface area contributed by atoms with Crippen molar-refractivity contribution in [1.29, 1.82) is 0 Å². The summed E-state index contributed by atoms with van der Waals surface area (Å²) in [5, 5.41) is 22.2. The average Bonchev–Trinajstić information content (AvgIpc) is 1.98. The monoisotopic (exact) mass is 147 g/mol. The number of unbranched alkanes of at least 4 members (excludes halogenated alkanes) is 1. The molecule has 5 nitrogen and oxygen atoms in total. The summed E-state index contributed by atoms with van der Waals surface area (Å²) >= 11 is 0. The molecule has 0 bridgehead atoms. The second-order valence-corrected chi connectivity index (χ2v) is 2.08.